The van der Waals surface area contributed by atoms with E-state index >= 15 is 0 Å². The molecular weight excluding hydrogens is 282 g/mol. The van der Waals surface area contributed by atoms with Crippen molar-refractivity contribution in [1.29, 1.82) is 0 Å². The molecule has 0 bridgehead atoms. The van der Waals surface area contributed by atoms with E-state index in [0.717, 1.165) is 30.6 Å². The summed E-state index contributed by atoms with van der Waals surface area (Å²) >= 11 is 0. The van der Waals surface area contributed by atoms with Crippen LogP contribution in [0.15, 0.2) is 48.0 Å². The van der Waals surface area contributed by atoms with Gasteiger partial charge in [-0.3, -0.25) is 4.79 Å². The van der Waals surface area contributed by atoms with Crippen LogP contribution in [-0.2, 0) is 11.2 Å². The summed E-state index contributed by atoms with van der Waals surface area (Å²) in [5.41, 5.74) is 7.30. The molecule has 1 aliphatic rings. The van der Waals surface area contributed by atoms with E-state index in [0.29, 0.717) is 0 Å². The summed E-state index contributed by atoms with van der Waals surface area (Å²) in [4.78, 5) is 14.4. The highest BCUT2D eigenvalue weighted by atomic mass is 16.2. The summed E-state index contributed by atoms with van der Waals surface area (Å²) in [6, 6.07) is 14.9. The van der Waals surface area contributed by atoms with Crippen molar-refractivity contribution in [3.63, 3.8) is 0 Å². The van der Waals surface area contributed by atoms with Crippen LogP contribution in [0.2, 0.25) is 0 Å². The first-order valence-corrected chi connectivity index (χ1v) is 8.33. The number of hydrogen-bond donors (Lipinski definition) is 0. The maximum Gasteiger partial charge on any atom is 0.249 e. The number of rotatable bonds is 4. The predicted molar refractivity (Wildman–Crippen MR) is 96.3 cm³/mol. The van der Waals surface area contributed by atoms with Crippen LogP contribution in [-0.4, -0.2) is 23.9 Å². The molecule has 0 radical (unpaired) electrons. The average Bonchev–Trinajstić information content (AvgIpc) is 2.95. The minimum Gasteiger partial charge on any atom is -0.339 e. The highest BCUT2D eigenvalue weighted by Crippen LogP contribution is 2.38. The third-order valence-electron chi connectivity index (χ3n) is 4.65. The van der Waals surface area contributed by atoms with Gasteiger partial charge in [0, 0.05) is 18.7 Å². The van der Waals surface area contributed by atoms with Gasteiger partial charge in [0.2, 0.25) is 5.91 Å². The molecule has 23 heavy (non-hydrogen) atoms. The molecule has 0 aliphatic heterocycles. The first kappa shape index (κ1) is 15.5. The molecule has 2 aromatic rings. The second-order valence-corrected chi connectivity index (χ2v) is 6.01. The number of carbonyl (C=O) groups excluding carboxylic acids is 1. The normalized spacial score (nSPS) is 12.7. The zero-order chi connectivity index (χ0) is 16.4. The third-order valence-corrected chi connectivity index (χ3v) is 4.65. The Labute approximate surface area is 138 Å². The van der Waals surface area contributed by atoms with Gasteiger partial charge in [-0.25, -0.2) is 0 Å². The number of fused-ring (bicyclic) bond motifs is 3. The minimum atomic E-state index is 0.128. The summed E-state index contributed by atoms with van der Waals surface area (Å²) in [5.74, 6) is 0.128. The Kier molecular flexibility index (Phi) is 4.33. The number of carbonyl (C=O) groups is 1. The van der Waals surface area contributed by atoms with Gasteiger partial charge >= 0.3 is 0 Å². The third kappa shape index (κ3) is 2.81. The van der Waals surface area contributed by atoms with Gasteiger partial charge in [0.25, 0.3) is 0 Å². The van der Waals surface area contributed by atoms with E-state index in [4.69, 9.17) is 0 Å². The lowest BCUT2D eigenvalue weighted by Gasteiger charge is -2.19. The summed E-state index contributed by atoms with van der Waals surface area (Å²) in [6.07, 6.45) is 3.00. The lowest BCUT2D eigenvalue weighted by Crippen LogP contribution is -2.30. The van der Waals surface area contributed by atoms with Crippen LogP contribution >= 0.6 is 0 Å². The molecule has 0 heterocycles. The van der Waals surface area contributed by atoms with E-state index in [-0.39, 0.29) is 5.91 Å². The molecule has 118 valence electrons. The molecule has 1 aliphatic carbocycles. The monoisotopic (exact) mass is 305 g/mol. The second-order valence-electron chi connectivity index (χ2n) is 6.01. The molecule has 0 saturated carbocycles. The molecule has 0 unspecified atom stereocenters. The zero-order valence-electron chi connectivity index (χ0n) is 14.1. The van der Waals surface area contributed by atoms with Crippen molar-refractivity contribution in [2.75, 3.05) is 13.1 Å². The Hall–Kier alpha value is -2.35. The summed E-state index contributed by atoms with van der Waals surface area (Å²) in [5, 5.41) is 0. The van der Waals surface area contributed by atoms with Gasteiger partial charge in [0.1, 0.15) is 0 Å². The Balaban J connectivity index is 1.97. The smallest absolute Gasteiger partial charge is 0.249 e. The Morgan fingerprint density at radius 3 is 2.48 bits per heavy atom. The van der Waals surface area contributed by atoms with Gasteiger partial charge in [-0.15, -0.1) is 0 Å². The topological polar surface area (TPSA) is 20.3 Å². The Morgan fingerprint density at radius 1 is 1.04 bits per heavy atom. The standard InChI is InChI=1S/C21H23NO/c1-4-22(5-2)21(23)15(3)13-16-10-8-12-19-18-11-7-6-9-17(18)14-20(16)19/h6-13H,4-5,14H2,1-3H3. The van der Waals surface area contributed by atoms with E-state index in [2.05, 4.69) is 42.5 Å². The van der Waals surface area contributed by atoms with E-state index in [1.54, 1.807) is 0 Å². The molecule has 0 saturated heterocycles. The lowest BCUT2D eigenvalue weighted by atomic mass is 9.99. The fourth-order valence-electron chi connectivity index (χ4n) is 3.37. The van der Waals surface area contributed by atoms with Gasteiger partial charge in [-0.05, 0) is 61.1 Å². The highest BCUT2D eigenvalue weighted by molar-refractivity contribution is 5.98. The second kappa shape index (κ2) is 6.41. The molecular formula is C21H23NO. The summed E-state index contributed by atoms with van der Waals surface area (Å²) < 4.78 is 0. The molecule has 2 heteroatoms. The first-order valence-electron chi connectivity index (χ1n) is 8.33. The van der Waals surface area contributed by atoms with Crippen LogP contribution in [0.3, 0.4) is 0 Å². The maximum atomic E-state index is 12.5. The molecule has 3 rings (SSSR count). The Bertz CT molecular complexity index is 769. The first-order chi connectivity index (χ1) is 11.2. The van der Waals surface area contributed by atoms with E-state index in [9.17, 15) is 4.79 Å². The number of likely N-dealkylation sites (N-methyl/N-ethyl adjacent to an activating group) is 1. The molecule has 1 amide bonds. The van der Waals surface area contributed by atoms with Gasteiger partial charge in [-0.1, -0.05) is 42.5 Å². The molecule has 0 aromatic heterocycles. The van der Waals surface area contributed by atoms with Crippen molar-refractivity contribution < 1.29 is 4.79 Å². The summed E-state index contributed by atoms with van der Waals surface area (Å²) in [7, 11) is 0. The molecule has 0 N–H and O–H groups in total. The van der Waals surface area contributed by atoms with Crippen molar-refractivity contribution in [1.82, 2.24) is 4.90 Å². The zero-order valence-corrected chi connectivity index (χ0v) is 14.1. The van der Waals surface area contributed by atoms with E-state index in [1.165, 1.54) is 22.3 Å². The van der Waals surface area contributed by atoms with Crippen molar-refractivity contribution in [3.05, 3.63) is 64.7 Å². The fraction of sp³-hybridized carbons (Fsp3) is 0.286. The minimum absolute atomic E-state index is 0.128. The fourth-order valence-corrected chi connectivity index (χ4v) is 3.37. The van der Waals surface area contributed by atoms with E-state index in [1.807, 2.05) is 31.7 Å². The molecule has 0 atom stereocenters. The van der Waals surface area contributed by atoms with Gasteiger partial charge in [0.15, 0.2) is 0 Å². The van der Waals surface area contributed by atoms with Crippen molar-refractivity contribution in [3.8, 4) is 11.1 Å². The molecule has 0 spiro atoms. The largest absolute Gasteiger partial charge is 0.339 e. The van der Waals surface area contributed by atoms with Crippen LogP contribution in [0.5, 0.6) is 0 Å². The quantitative estimate of drug-likeness (QED) is 0.649. The molecule has 2 nitrogen and oxygen atoms in total. The predicted octanol–water partition coefficient (Wildman–Crippen LogP) is 4.53. The SMILES string of the molecule is CCN(CC)C(=O)C(C)=Cc1cccc2c1Cc1ccccc1-2. The van der Waals surface area contributed by atoms with Crippen LogP contribution in [0.25, 0.3) is 17.2 Å². The highest BCUT2D eigenvalue weighted by Gasteiger charge is 2.20. The number of amides is 1. The number of hydrogen-bond acceptors (Lipinski definition) is 1. The number of benzene rings is 2. The average molecular weight is 305 g/mol. The number of nitrogens with zero attached hydrogens (tertiary/aromatic N) is 1. The summed E-state index contributed by atoms with van der Waals surface area (Å²) in [6.45, 7) is 7.46. The maximum absolute atomic E-state index is 12.5. The van der Waals surface area contributed by atoms with Crippen LogP contribution < -0.4 is 0 Å². The van der Waals surface area contributed by atoms with Crippen molar-refractivity contribution in [2.24, 2.45) is 0 Å². The van der Waals surface area contributed by atoms with E-state index < -0.39 is 0 Å². The van der Waals surface area contributed by atoms with Gasteiger partial charge < -0.3 is 4.90 Å². The van der Waals surface area contributed by atoms with Crippen molar-refractivity contribution in [2.45, 2.75) is 27.2 Å². The van der Waals surface area contributed by atoms with Crippen LogP contribution in [0, 0.1) is 0 Å². The molecule has 0 fully saturated rings. The van der Waals surface area contributed by atoms with Gasteiger partial charge in [-0.2, -0.15) is 0 Å². The Morgan fingerprint density at radius 2 is 1.74 bits per heavy atom. The van der Waals surface area contributed by atoms with Crippen LogP contribution in [0.4, 0.5) is 0 Å². The van der Waals surface area contributed by atoms with Crippen LogP contribution in [0.1, 0.15) is 37.5 Å². The molecule has 2 aromatic carbocycles. The van der Waals surface area contributed by atoms with Gasteiger partial charge in [0.05, 0.1) is 0 Å². The van der Waals surface area contributed by atoms with Crippen molar-refractivity contribution >= 4 is 12.0 Å². The lowest BCUT2D eigenvalue weighted by molar-refractivity contribution is -0.126.